The van der Waals surface area contributed by atoms with Crippen molar-refractivity contribution in [2.24, 2.45) is 5.18 Å². The van der Waals surface area contributed by atoms with Crippen LogP contribution in [0.1, 0.15) is 32.7 Å². The van der Waals surface area contributed by atoms with Crippen LogP contribution in [0.3, 0.4) is 0 Å². The Morgan fingerprint density at radius 2 is 1.97 bits per heavy atom. The third-order valence-corrected chi connectivity index (χ3v) is 7.70. The van der Waals surface area contributed by atoms with Crippen LogP contribution in [0.4, 0.5) is 4.39 Å². The molecule has 1 aromatic carbocycles. The number of halogens is 1. The molecule has 8 heteroatoms. The SMILES string of the molecule is Cc1sc(C2CC(O)[C@H](N=O)C(CO)O2)cc1Cc1ccc(-c2ccc(F)cc2)s1. The highest BCUT2D eigenvalue weighted by Crippen LogP contribution is 2.39. The Labute approximate surface area is 181 Å². The maximum atomic E-state index is 13.2. The van der Waals surface area contributed by atoms with E-state index in [1.807, 2.05) is 0 Å². The molecule has 5 nitrogen and oxygen atoms in total. The van der Waals surface area contributed by atoms with E-state index in [1.54, 1.807) is 34.8 Å². The molecule has 0 saturated carbocycles. The van der Waals surface area contributed by atoms with E-state index in [0.29, 0.717) is 0 Å². The predicted octanol–water partition coefficient (Wildman–Crippen LogP) is 4.83. The molecule has 2 N–H and O–H groups in total. The van der Waals surface area contributed by atoms with Crippen molar-refractivity contribution in [2.75, 3.05) is 6.61 Å². The number of benzene rings is 1. The summed E-state index contributed by atoms with van der Waals surface area (Å²) in [6.07, 6.45) is -1.05. The van der Waals surface area contributed by atoms with Crippen LogP contribution < -0.4 is 0 Å². The Morgan fingerprint density at radius 3 is 2.67 bits per heavy atom. The van der Waals surface area contributed by atoms with Gasteiger partial charge in [0.25, 0.3) is 0 Å². The molecule has 1 saturated heterocycles. The summed E-state index contributed by atoms with van der Waals surface area (Å²) in [7, 11) is 0. The smallest absolute Gasteiger partial charge is 0.146 e. The summed E-state index contributed by atoms with van der Waals surface area (Å²) in [5, 5.41) is 22.6. The molecule has 4 atom stereocenters. The minimum absolute atomic E-state index is 0.245. The van der Waals surface area contributed by atoms with Gasteiger partial charge in [0.1, 0.15) is 18.0 Å². The molecule has 158 valence electrons. The summed E-state index contributed by atoms with van der Waals surface area (Å²) in [6, 6.07) is 11.8. The molecule has 2 aromatic heterocycles. The number of aliphatic hydroxyl groups is 2. The zero-order valence-corrected chi connectivity index (χ0v) is 18.0. The monoisotopic (exact) mass is 447 g/mol. The molecule has 0 spiro atoms. The largest absolute Gasteiger partial charge is 0.394 e. The van der Waals surface area contributed by atoms with E-state index in [-0.39, 0.29) is 24.9 Å². The van der Waals surface area contributed by atoms with E-state index in [0.717, 1.165) is 26.6 Å². The molecular formula is C22H22FNO4S2. The van der Waals surface area contributed by atoms with Crippen molar-refractivity contribution in [2.45, 2.75) is 44.1 Å². The molecule has 0 bridgehead atoms. The second-order valence-electron chi connectivity index (χ2n) is 7.42. The number of nitrogens with zero attached hydrogens (tertiary/aromatic N) is 1. The molecule has 30 heavy (non-hydrogen) atoms. The summed E-state index contributed by atoms with van der Waals surface area (Å²) in [6.45, 7) is 1.69. The molecular weight excluding hydrogens is 425 g/mol. The molecule has 1 aliphatic rings. The highest BCUT2D eigenvalue weighted by molar-refractivity contribution is 7.15. The second kappa shape index (κ2) is 9.03. The van der Waals surface area contributed by atoms with Crippen molar-refractivity contribution in [1.29, 1.82) is 0 Å². The number of hydrogen-bond acceptors (Lipinski definition) is 7. The van der Waals surface area contributed by atoms with Crippen LogP contribution in [-0.2, 0) is 11.2 Å². The second-order valence-corrected chi connectivity index (χ2v) is 9.88. The first-order chi connectivity index (χ1) is 14.5. The zero-order valence-electron chi connectivity index (χ0n) is 16.3. The minimum Gasteiger partial charge on any atom is -0.394 e. The van der Waals surface area contributed by atoms with Crippen molar-refractivity contribution in [3.05, 3.63) is 73.4 Å². The lowest BCUT2D eigenvalue weighted by molar-refractivity contribution is -0.124. The number of aryl methyl sites for hydroxylation is 1. The highest BCUT2D eigenvalue weighted by atomic mass is 32.1. The number of rotatable bonds is 6. The van der Waals surface area contributed by atoms with Gasteiger partial charge >= 0.3 is 0 Å². The molecule has 3 heterocycles. The molecule has 0 aliphatic carbocycles. The molecule has 1 fully saturated rings. The number of aliphatic hydroxyl groups excluding tert-OH is 2. The Balaban J connectivity index is 1.50. The first kappa shape index (κ1) is 21.3. The van der Waals surface area contributed by atoms with Crippen LogP contribution in [0.15, 0.2) is 47.6 Å². The molecule has 0 radical (unpaired) electrons. The van der Waals surface area contributed by atoms with E-state index in [4.69, 9.17) is 4.74 Å². The third kappa shape index (κ3) is 4.38. The van der Waals surface area contributed by atoms with Gasteiger partial charge in [-0.1, -0.05) is 17.3 Å². The van der Waals surface area contributed by atoms with E-state index in [9.17, 15) is 19.5 Å². The van der Waals surface area contributed by atoms with Gasteiger partial charge in [-0.2, -0.15) is 4.91 Å². The summed E-state index contributed by atoms with van der Waals surface area (Å²) >= 11 is 3.28. The highest BCUT2D eigenvalue weighted by Gasteiger charge is 2.39. The third-order valence-electron chi connectivity index (χ3n) is 5.38. The van der Waals surface area contributed by atoms with Crippen LogP contribution in [0, 0.1) is 17.6 Å². The van der Waals surface area contributed by atoms with Gasteiger partial charge in [-0.3, -0.25) is 0 Å². The van der Waals surface area contributed by atoms with Crippen molar-refractivity contribution in [1.82, 2.24) is 0 Å². The number of nitroso groups, excluding NO2 is 1. The molecule has 0 amide bonds. The lowest BCUT2D eigenvalue weighted by Gasteiger charge is -2.35. The molecule has 3 unspecified atom stereocenters. The van der Waals surface area contributed by atoms with Gasteiger partial charge in [-0.25, -0.2) is 4.39 Å². The van der Waals surface area contributed by atoms with Crippen LogP contribution in [0.25, 0.3) is 10.4 Å². The number of hydrogen-bond donors (Lipinski definition) is 2. The minimum atomic E-state index is -0.942. The average molecular weight is 448 g/mol. The summed E-state index contributed by atoms with van der Waals surface area (Å²) in [4.78, 5) is 15.4. The first-order valence-corrected chi connectivity index (χ1v) is 11.3. The number of thiophene rings is 2. The maximum absolute atomic E-state index is 13.2. The molecule has 4 rings (SSSR count). The van der Waals surface area contributed by atoms with Crippen molar-refractivity contribution < 1.29 is 19.3 Å². The fourth-order valence-corrected chi connectivity index (χ4v) is 5.87. The Bertz CT molecular complexity index is 1020. The van der Waals surface area contributed by atoms with Crippen molar-refractivity contribution >= 4 is 22.7 Å². The van der Waals surface area contributed by atoms with E-state index in [2.05, 4.69) is 30.3 Å². The fourth-order valence-electron chi connectivity index (χ4n) is 3.74. The van der Waals surface area contributed by atoms with Crippen molar-refractivity contribution in [3.8, 4) is 10.4 Å². The quantitative estimate of drug-likeness (QED) is 0.531. The normalized spacial score (nSPS) is 24.1. The van der Waals surface area contributed by atoms with E-state index in [1.165, 1.54) is 22.6 Å². The summed E-state index contributed by atoms with van der Waals surface area (Å²) < 4.78 is 19.0. The van der Waals surface area contributed by atoms with Crippen LogP contribution in [0.5, 0.6) is 0 Å². The maximum Gasteiger partial charge on any atom is 0.146 e. The van der Waals surface area contributed by atoms with E-state index >= 15 is 0 Å². The Morgan fingerprint density at radius 1 is 1.20 bits per heavy atom. The number of ether oxygens (including phenoxy) is 1. The fraction of sp³-hybridized carbons (Fsp3) is 0.364. The Hall–Kier alpha value is -1.97. The topological polar surface area (TPSA) is 79.1 Å². The lowest BCUT2D eigenvalue weighted by Crippen LogP contribution is -2.46. The van der Waals surface area contributed by atoms with Gasteiger partial charge in [0, 0.05) is 32.4 Å². The van der Waals surface area contributed by atoms with Gasteiger partial charge in [0.15, 0.2) is 0 Å². The summed E-state index contributed by atoms with van der Waals surface area (Å²) in [5.41, 5.74) is 2.17. The Kier molecular flexibility index (Phi) is 6.40. The average Bonchev–Trinajstić information content (AvgIpc) is 3.35. The van der Waals surface area contributed by atoms with E-state index < -0.39 is 18.2 Å². The standard InChI is InChI=1S/C22H22FNO4S2/c1-12-14(8-16-6-7-20(30-16)13-2-4-15(23)5-3-13)9-21(29-12)18-10-17(26)22(24-27)19(11-25)28-18/h2-7,9,17-19,22,25-26H,8,10-11H2,1H3/t17?,18?,19?,22-/m0/s1. The first-order valence-electron chi connectivity index (χ1n) is 9.69. The van der Waals surface area contributed by atoms with Gasteiger partial charge in [0.2, 0.25) is 0 Å². The predicted molar refractivity (Wildman–Crippen MR) is 116 cm³/mol. The van der Waals surface area contributed by atoms with Crippen LogP contribution >= 0.6 is 22.7 Å². The zero-order chi connectivity index (χ0) is 21.3. The molecule has 3 aromatic rings. The van der Waals surface area contributed by atoms with Gasteiger partial charge < -0.3 is 14.9 Å². The molecule has 1 aliphatic heterocycles. The van der Waals surface area contributed by atoms with Crippen molar-refractivity contribution in [3.63, 3.8) is 0 Å². The van der Waals surface area contributed by atoms with Gasteiger partial charge in [0.05, 0.1) is 18.8 Å². The van der Waals surface area contributed by atoms with Crippen LogP contribution in [-0.4, -0.2) is 35.1 Å². The lowest BCUT2D eigenvalue weighted by atomic mass is 9.95. The van der Waals surface area contributed by atoms with Gasteiger partial charge in [-0.05, 0) is 48.4 Å². The van der Waals surface area contributed by atoms with Crippen LogP contribution in [0.2, 0.25) is 0 Å². The summed E-state index contributed by atoms with van der Waals surface area (Å²) in [5.74, 6) is -0.245. The van der Waals surface area contributed by atoms with Gasteiger partial charge in [-0.15, -0.1) is 22.7 Å².